The van der Waals surface area contributed by atoms with E-state index in [1.165, 1.54) is 11.1 Å². The van der Waals surface area contributed by atoms with E-state index in [0.717, 1.165) is 48.2 Å². The van der Waals surface area contributed by atoms with Gasteiger partial charge in [-0.05, 0) is 81.0 Å². The molecular formula is C30H32N2O3. The predicted molar refractivity (Wildman–Crippen MR) is 138 cm³/mol. The van der Waals surface area contributed by atoms with Crippen LogP contribution >= 0.6 is 0 Å². The third kappa shape index (κ3) is 5.09. The molecule has 0 aromatic heterocycles. The number of rotatable bonds is 6. The number of nitrogens with zero attached hydrogens (tertiary/aromatic N) is 1. The monoisotopic (exact) mass is 468 g/mol. The molecule has 180 valence electrons. The fraction of sp³-hybridized carbons (Fsp3) is 0.333. The van der Waals surface area contributed by atoms with Crippen molar-refractivity contribution in [2.24, 2.45) is 5.92 Å². The van der Waals surface area contributed by atoms with Crippen LogP contribution in [-0.2, 0) is 16.0 Å². The minimum absolute atomic E-state index is 0.146. The van der Waals surface area contributed by atoms with Crippen LogP contribution in [0.4, 0.5) is 5.69 Å². The third-order valence-corrected chi connectivity index (χ3v) is 6.91. The van der Waals surface area contributed by atoms with Gasteiger partial charge in [0.25, 0.3) is 5.91 Å². The topological polar surface area (TPSA) is 58.6 Å². The van der Waals surface area contributed by atoms with Crippen molar-refractivity contribution in [2.45, 2.75) is 52.2 Å². The lowest BCUT2D eigenvalue weighted by molar-refractivity contribution is -0.134. The van der Waals surface area contributed by atoms with E-state index in [1.54, 1.807) is 6.92 Å². The Balaban J connectivity index is 1.40. The van der Waals surface area contributed by atoms with Crippen molar-refractivity contribution in [2.75, 3.05) is 11.9 Å². The first-order chi connectivity index (χ1) is 16.9. The summed E-state index contributed by atoms with van der Waals surface area (Å²) in [6, 6.07) is 22.0. The molecule has 5 rings (SSSR count). The maximum absolute atomic E-state index is 13.2. The zero-order valence-electron chi connectivity index (χ0n) is 20.6. The highest BCUT2D eigenvalue weighted by atomic mass is 16.5. The number of ether oxygens (including phenoxy) is 1. The standard InChI is InChI=1S/C30H32N2O3/c1-19-7-12-25(13-8-19)31-29(33)21(3)35-26-14-11-22-15-16-32(30(34)23-9-10-23)28(27(22)18-26)24-6-4-5-20(2)17-24/h4-8,11-14,17-18,21,23,28H,9-10,15-16H2,1-3H3,(H,31,33). The number of aryl methyl sites for hydroxylation is 2. The number of carbonyl (C=O) groups is 2. The van der Waals surface area contributed by atoms with Gasteiger partial charge < -0.3 is 15.0 Å². The summed E-state index contributed by atoms with van der Waals surface area (Å²) in [5.41, 5.74) is 6.47. The number of amides is 2. The number of hydrogen-bond donors (Lipinski definition) is 1. The first kappa shape index (κ1) is 23.2. The Bertz CT molecular complexity index is 1250. The number of carbonyl (C=O) groups excluding carboxylic acids is 2. The van der Waals surface area contributed by atoms with Crippen molar-refractivity contribution in [3.05, 3.63) is 94.5 Å². The van der Waals surface area contributed by atoms with Crippen molar-refractivity contribution < 1.29 is 14.3 Å². The summed E-state index contributed by atoms with van der Waals surface area (Å²) >= 11 is 0. The van der Waals surface area contributed by atoms with Gasteiger partial charge in [0.15, 0.2) is 6.10 Å². The van der Waals surface area contributed by atoms with Gasteiger partial charge in [0.1, 0.15) is 5.75 Å². The van der Waals surface area contributed by atoms with E-state index in [0.29, 0.717) is 5.75 Å². The van der Waals surface area contributed by atoms with Gasteiger partial charge in [-0.1, -0.05) is 53.6 Å². The number of benzene rings is 3. The van der Waals surface area contributed by atoms with Crippen LogP contribution in [0.3, 0.4) is 0 Å². The molecule has 0 bridgehead atoms. The lowest BCUT2D eigenvalue weighted by atomic mass is 9.87. The molecule has 3 aromatic carbocycles. The van der Waals surface area contributed by atoms with E-state index in [9.17, 15) is 9.59 Å². The molecule has 0 saturated heterocycles. The van der Waals surface area contributed by atoms with Gasteiger partial charge in [-0.3, -0.25) is 9.59 Å². The zero-order chi connectivity index (χ0) is 24.5. The maximum Gasteiger partial charge on any atom is 0.265 e. The molecule has 1 heterocycles. The highest BCUT2D eigenvalue weighted by Gasteiger charge is 2.39. The van der Waals surface area contributed by atoms with Crippen LogP contribution < -0.4 is 10.1 Å². The second-order valence-corrected chi connectivity index (χ2v) is 9.85. The van der Waals surface area contributed by atoms with Crippen LogP contribution in [0.1, 0.15) is 53.6 Å². The second-order valence-electron chi connectivity index (χ2n) is 9.85. The molecule has 1 N–H and O–H groups in total. The molecule has 5 nitrogen and oxygen atoms in total. The minimum atomic E-state index is -0.667. The van der Waals surface area contributed by atoms with Crippen molar-refractivity contribution in [1.29, 1.82) is 0 Å². The van der Waals surface area contributed by atoms with Crippen LogP contribution in [0.15, 0.2) is 66.7 Å². The number of fused-ring (bicyclic) bond motifs is 1. The smallest absolute Gasteiger partial charge is 0.265 e. The highest BCUT2D eigenvalue weighted by Crippen LogP contribution is 2.41. The molecule has 1 saturated carbocycles. The maximum atomic E-state index is 13.2. The van der Waals surface area contributed by atoms with Crippen molar-refractivity contribution in [3.63, 3.8) is 0 Å². The molecule has 2 aliphatic rings. The largest absolute Gasteiger partial charge is 0.481 e. The zero-order valence-corrected chi connectivity index (χ0v) is 20.6. The normalized spacial score (nSPS) is 17.9. The molecule has 2 amide bonds. The average molecular weight is 469 g/mol. The lowest BCUT2D eigenvalue weighted by Crippen LogP contribution is -2.41. The minimum Gasteiger partial charge on any atom is -0.481 e. The van der Waals surface area contributed by atoms with Crippen molar-refractivity contribution in [3.8, 4) is 5.75 Å². The van der Waals surface area contributed by atoms with Gasteiger partial charge in [0, 0.05) is 18.2 Å². The Morgan fingerprint density at radius 3 is 2.46 bits per heavy atom. The Labute approximate surface area is 207 Å². The van der Waals surface area contributed by atoms with E-state index < -0.39 is 6.10 Å². The first-order valence-electron chi connectivity index (χ1n) is 12.4. The Hall–Kier alpha value is -3.60. The van der Waals surface area contributed by atoms with Gasteiger partial charge in [0.05, 0.1) is 6.04 Å². The number of hydrogen-bond acceptors (Lipinski definition) is 3. The summed E-state index contributed by atoms with van der Waals surface area (Å²) in [6.07, 6.45) is 2.12. The molecule has 3 aromatic rings. The molecule has 35 heavy (non-hydrogen) atoms. The number of anilines is 1. The molecule has 1 fully saturated rings. The summed E-state index contributed by atoms with van der Waals surface area (Å²) in [6.45, 7) is 6.56. The summed E-state index contributed by atoms with van der Waals surface area (Å²) in [4.78, 5) is 28.0. The Morgan fingerprint density at radius 2 is 1.74 bits per heavy atom. The van der Waals surface area contributed by atoms with Gasteiger partial charge in [-0.15, -0.1) is 0 Å². The quantitative estimate of drug-likeness (QED) is 0.513. The van der Waals surface area contributed by atoms with E-state index in [1.807, 2.05) is 48.2 Å². The van der Waals surface area contributed by atoms with Crippen LogP contribution in [0.5, 0.6) is 5.75 Å². The van der Waals surface area contributed by atoms with Crippen LogP contribution in [0, 0.1) is 19.8 Å². The lowest BCUT2D eigenvalue weighted by Gasteiger charge is -2.38. The Morgan fingerprint density at radius 1 is 0.971 bits per heavy atom. The SMILES string of the molecule is Cc1ccc(NC(=O)C(C)Oc2ccc3c(c2)C(c2cccc(C)c2)N(C(=O)C2CC2)CC3)cc1. The fourth-order valence-corrected chi connectivity index (χ4v) is 4.81. The molecule has 0 spiro atoms. The first-order valence-corrected chi connectivity index (χ1v) is 12.4. The summed E-state index contributed by atoms with van der Waals surface area (Å²) in [5, 5.41) is 2.92. The van der Waals surface area contributed by atoms with Gasteiger partial charge in [-0.25, -0.2) is 0 Å². The summed E-state index contributed by atoms with van der Waals surface area (Å²) in [7, 11) is 0. The average Bonchev–Trinajstić information content (AvgIpc) is 3.70. The van der Waals surface area contributed by atoms with Gasteiger partial charge in [-0.2, -0.15) is 0 Å². The van der Waals surface area contributed by atoms with E-state index in [4.69, 9.17) is 4.74 Å². The van der Waals surface area contributed by atoms with Crippen LogP contribution in [-0.4, -0.2) is 29.4 Å². The third-order valence-electron chi connectivity index (χ3n) is 6.91. The van der Waals surface area contributed by atoms with E-state index in [-0.39, 0.29) is 23.8 Å². The molecule has 5 heteroatoms. The Kier molecular flexibility index (Phi) is 6.33. The highest BCUT2D eigenvalue weighted by molar-refractivity contribution is 5.94. The predicted octanol–water partition coefficient (Wildman–Crippen LogP) is 5.59. The van der Waals surface area contributed by atoms with E-state index in [2.05, 4.69) is 42.6 Å². The summed E-state index contributed by atoms with van der Waals surface area (Å²) in [5.74, 6) is 0.842. The number of nitrogens with one attached hydrogen (secondary N) is 1. The fourth-order valence-electron chi connectivity index (χ4n) is 4.81. The molecule has 1 aliphatic heterocycles. The van der Waals surface area contributed by atoms with Crippen LogP contribution in [0.25, 0.3) is 0 Å². The molecule has 2 atom stereocenters. The molecule has 0 radical (unpaired) electrons. The van der Waals surface area contributed by atoms with E-state index >= 15 is 0 Å². The summed E-state index contributed by atoms with van der Waals surface area (Å²) < 4.78 is 6.09. The van der Waals surface area contributed by atoms with Gasteiger partial charge in [0.2, 0.25) is 5.91 Å². The van der Waals surface area contributed by atoms with Crippen molar-refractivity contribution in [1.82, 2.24) is 4.90 Å². The van der Waals surface area contributed by atoms with Crippen LogP contribution in [0.2, 0.25) is 0 Å². The molecule has 1 aliphatic carbocycles. The van der Waals surface area contributed by atoms with Gasteiger partial charge >= 0.3 is 0 Å². The molecular weight excluding hydrogens is 436 g/mol. The second kappa shape index (κ2) is 9.57. The molecule has 2 unspecified atom stereocenters. The van der Waals surface area contributed by atoms with Crippen molar-refractivity contribution >= 4 is 17.5 Å².